The third kappa shape index (κ3) is 3.40. The molecule has 1 fully saturated rings. The average Bonchev–Trinajstić information content (AvgIpc) is 2.48. The maximum atomic E-state index is 5.80. The molecular formula is C17H26N2O. The van der Waals surface area contributed by atoms with Crippen LogP contribution in [0.25, 0.3) is 0 Å². The predicted octanol–water partition coefficient (Wildman–Crippen LogP) is 2.03. The lowest BCUT2D eigenvalue weighted by Gasteiger charge is -2.31. The van der Waals surface area contributed by atoms with Gasteiger partial charge in [0.15, 0.2) is 0 Å². The highest BCUT2D eigenvalue weighted by Gasteiger charge is 2.21. The van der Waals surface area contributed by atoms with Crippen molar-refractivity contribution in [3.8, 4) is 0 Å². The molecule has 1 aromatic rings. The van der Waals surface area contributed by atoms with E-state index in [9.17, 15) is 0 Å². The molecule has 0 aromatic heterocycles. The summed E-state index contributed by atoms with van der Waals surface area (Å²) in [6.45, 7) is 5.04. The van der Waals surface area contributed by atoms with Gasteiger partial charge in [-0.15, -0.1) is 0 Å². The Hall–Kier alpha value is -0.900. The van der Waals surface area contributed by atoms with E-state index in [4.69, 9.17) is 4.74 Å². The van der Waals surface area contributed by atoms with Crippen LogP contribution in [-0.2, 0) is 11.2 Å². The van der Waals surface area contributed by atoms with Gasteiger partial charge in [0.25, 0.3) is 0 Å². The van der Waals surface area contributed by atoms with Gasteiger partial charge >= 0.3 is 0 Å². The Morgan fingerprint density at radius 2 is 2.20 bits per heavy atom. The van der Waals surface area contributed by atoms with Crippen molar-refractivity contribution in [3.63, 3.8) is 0 Å². The number of nitrogens with zero attached hydrogens (tertiary/aromatic N) is 1. The van der Waals surface area contributed by atoms with Gasteiger partial charge in [-0.25, -0.2) is 0 Å². The summed E-state index contributed by atoms with van der Waals surface area (Å²) in [7, 11) is 2.17. The van der Waals surface area contributed by atoms with E-state index < -0.39 is 0 Å². The predicted molar refractivity (Wildman–Crippen MR) is 82.2 cm³/mol. The average molecular weight is 274 g/mol. The monoisotopic (exact) mass is 274 g/mol. The molecule has 2 atom stereocenters. The van der Waals surface area contributed by atoms with Crippen molar-refractivity contribution in [2.75, 3.05) is 39.8 Å². The van der Waals surface area contributed by atoms with Gasteiger partial charge in [-0.3, -0.25) is 0 Å². The van der Waals surface area contributed by atoms with Crippen molar-refractivity contribution in [3.05, 3.63) is 35.4 Å². The van der Waals surface area contributed by atoms with E-state index >= 15 is 0 Å². The molecule has 1 saturated heterocycles. The molecule has 2 aliphatic rings. The highest BCUT2D eigenvalue weighted by atomic mass is 16.5. The highest BCUT2D eigenvalue weighted by molar-refractivity contribution is 5.32. The molecule has 1 aliphatic heterocycles. The minimum Gasteiger partial charge on any atom is -0.374 e. The summed E-state index contributed by atoms with van der Waals surface area (Å²) < 4.78 is 5.80. The lowest BCUT2D eigenvalue weighted by atomic mass is 9.83. The summed E-state index contributed by atoms with van der Waals surface area (Å²) >= 11 is 0. The molecule has 1 N–H and O–H groups in total. The fourth-order valence-electron chi connectivity index (χ4n) is 3.48. The molecule has 1 heterocycles. The minimum absolute atomic E-state index is 0.354. The van der Waals surface area contributed by atoms with Gasteiger partial charge in [0.1, 0.15) is 0 Å². The van der Waals surface area contributed by atoms with Gasteiger partial charge in [-0.2, -0.15) is 0 Å². The molecule has 110 valence electrons. The molecule has 3 heteroatoms. The van der Waals surface area contributed by atoms with Crippen molar-refractivity contribution >= 4 is 0 Å². The van der Waals surface area contributed by atoms with E-state index in [1.165, 1.54) is 19.3 Å². The fraction of sp³-hybridized carbons (Fsp3) is 0.647. The summed E-state index contributed by atoms with van der Waals surface area (Å²) in [5.41, 5.74) is 3.12. The second-order valence-corrected chi connectivity index (χ2v) is 6.20. The Bertz CT molecular complexity index is 435. The number of morpholine rings is 1. The summed E-state index contributed by atoms with van der Waals surface area (Å²) in [5.74, 6) is 0.682. The molecule has 1 aliphatic carbocycles. The molecule has 3 rings (SSSR count). The topological polar surface area (TPSA) is 24.5 Å². The molecule has 0 spiro atoms. The fourth-order valence-corrected chi connectivity index (χ4v) is 3.48. The largest absolute Gasteiger partial charge is 0.374 e. The Morgan fingerprint density at radius 1 is 1.30 bits per heavy atom. The molecule has 3 nitrogen and oxygen atoms in total. The van der Waals surface area contributed by atoms with Gasteiger partial charge in [0.05, 0.1) is 12.7 Å². The maximum Gasteiger partial charge on any atom is 0.0826 e. The number of benzene rings is 1. The van der Waals surface area contributed by atoms with Crippen molar-refractivity contribution in [2.24, 2.45) is 0 Å². The van der Waals surface area contributed by atoms with Crippen LogP contribution in [0.2, 0.25) is 0 Å². The lowest BCUT2D eigenvalue weighted by molar-refractivity contribution is -0.0181. The quantitative estimate of drug-likeness (QED) is 0.909. The minimum atomic E-state index is 0.354. The Labute approximate surface area is 122 Å². The number of fused-ring (bicyclic) bond motifs is 1. The SMILES string of the molecule is CN1CCOC(CNCC2CCCc3ccccc32)C1. The van der Waals surface area contributed by atoms with E-state index in [0.29, 0.717) is 12.0 Å². The van der Waals surface area contributed by atoms with Crippen LogP contribution in [0.1, 0.15) is 29.9 Å². The van der Waals surface area contributed by atoms with Gasteiger partial charge in [-0.05, 0) is 43.4 Å². The molecule has 20 heavy (non-hydrogen) atoms. The van der Waals surface area contributed by atoms with Crippen LogP contribution in [0, 0.1) is 0 Å². The van der Waals surface area contributed by atoms with E-state index in [1.54, 1.807) is 11.1 Å². The Morgan fingerprint density at radius 3 is 3.10 bits per heavy atom. The number of hydrogen-bond acceptors (Lipinski definition) is 3. The van der Waals surface area contributed by atoms with Crippen molar-refractivity contribution in [1.29, 1.82) is 0 Å². The second-order valence-electron chi connectivity index (χ2n) is 6.20. The van der Waals surface area contributed by atoms with Crippen LogP contribution >= 0.6 is 0 Å². The zero-order valence-electron chi connectivity index (χ0n) is 12.5. The first-order valence-electron chi connectivity index (χ1n) is 7.91. The molecular weight excluding hydrogens is 248 g/mol. The first kappa shape index (κ1) is 14.1. The van der Waals surface area contributed by atoms with Crippen LogP contribution in [0.3, 0.4) is 0 Å². The first-order chi connectivity index (χ1) is 9.83. The summed E-state index contributed by atoms with van der Waals surface area (Å²) in [4.78, 5) is 2.35. The second kappa shape index (κ2) is 6.70. The number of rotatable bonds is 4. The Kier molecular flexibility index (Phi) is 4.71. The standard InChI is InChI=1S/C17H26N2O/c1-19-9-10-20-16(13-19)12-18-11-15-7-4-6-14-5-2-3-8-17(14)15/h2-3,5,8,15-16,18H,4,6-7,9-13H2,1H3. The van der Waals surface area contributed by atoms with E-state index in [1.807, 2.05) is 0 Å². The molecule has 2 unspecified atom stereocenters. The number of aryl methyl sites for hydroxylation is 1. The lowest BCUT2D eigenvalue weighted by Crippen LogP contribution is -2.45. The summed E-state index contributed by atoms with van der Waals surface area (Å²) in [5, 5.41) is 3.63. The van der Waals surface area contributed by atoms with Crippen molar-refractivity contribution in [2.45, 2.75) is 31.3 Å². The van der Waals surface area contributed by atoms with Gasteiger partial charge in [0, 0.05) is 26.2 Å². The summed E-state index contributed by atoms with van der Waals surface area (Å²) in [6.07, 6.45) is 4.25. The molecule has 0 saturated carbocycles. The van der Waals surface area contributed by atoms with Gasteiger partial charge in [-0.1, -0.05) is 24.3 Å². The zero-order chi connectivity index (χ0) is 13.8. The molecule has 0 bridgehead atoms. The van der Waals surface area contributed by atoms with Crippen LogP contribution < -0.4 is 5.32 Å². The van der Waals surface area contributed by atoms with E-state index in [-0.39, 0.29) is 0 Å². The van der Waals surface area contributed by atoms with Gasteiger partial charge in [0.2, 0.25) is 0 Å². The first-order valence-corrected chi connectivity index (χ1v) is 7.91. The molecule has 0 radical (unpaired) electrons. The smallest absolute Gasteiger partial charge is 0.0826 e. The maximum absolute atomic E-state index is 5.80. The van der Waals surface area contributed by atoms with Crippen molar-refractivity contribution in [1.82, 2.24) is 10.2 Å². The Balaban J connectivity index is 1.49. The van der Waals surface area contributed by atoms with Crippen molar-refractivity contribution < 1.29 is 4.74 Å². The van der Waals surface area contributed by atoms with Crippen LogP contribution in [0.5, 0.6) is 0 Å². The molecule has 0 amide bonds. The van der Waals surface area contributed by atoms with Crippen LogP contribution in [-0.4, -0.2) is 50.8 Å². The number of nitrogens with one attached hydrogen (secondary N) is 1. The van der Waals surface area contributed by atoms with Crippen LogP contribution in [0.15, 0.2) is 24.3 Å². The van der Waals surface area contributed by atoms with Crippen LogP contribution in [0.4, 0.5) is 0 Å². The normalized spacial score (nSPS) is 27.2. The highest BCUT2D eigenvalue weighted by Crippen LogP contribution is 2.30. The molecule has 1 aromatic carbocycles. The number of likely N-dealkylation sites (N-methyl/N-ethyl adjacent to an activating group) is 1. The number of hydrogen-bond donors (Lipinski definition) is 1. The third-order valence-electron chi connectivity index (χ3n) is 4.60. The zero-order valence-corrected chi connectivity index (χ0v) is 12.5. The third-order valence-corrected chi connectivity index (χ3v) is 4.60. The van der Waals surface area contributed by atoms with E-state index in [0.717, 1.165) is 32.8 Å². The number of ether oxygens (including phenoxy) is 1. The van der Waals surface area contributed by atoms with E-state index in [2.05, 4.69) is 41.5 Å². The summed E-state index contributed by atoms with van der Waals surface area (Å²) in [6, 6.07) is 8.95. The van der Waals surface area contributed by atoms with Gasteiger partial charge < -0.3 is 15.0 Å².